The summed E-state index contributed by atoms with van der Waals surface area (Å²) >= 11 is 5.55. The Morgan fingerprint density at radius 1 is 1.20 bits per heavy atom. The molecule has 0 heterocycles. The van der Waals surface area contributed by atoms with E-state index in [4.69, 9.17) is 27.5 Å². The maximum Gasteiger partial charge on any atom is 1.00 e. The maximum absolute atomic E-state index is 10.6. The van der Waals surface area contributed by atoms with Gasteiger partial charge in [0.15, 0.2) is 0 Å². The number of hydrogen-bond donors (Lipinski definition) is 3. The Kier molecular flexibility index (Phi) is 5.10. The molecule has 4 N–H and O–H groups in total. The predicted molar refractivity (Wildman–Crippen MR) is 50.9 cm³/mol. The Bertz CT molecular complexity index is 391. The quantitative estimate of drug-likeness (QED) is 0.428. The molecule has 0 unspecified atom stereocenters. The van der Waals surface area contributed by atoms with Crippen molar-refractivity contribution in [2.75, 3.05) is 5.73 Å². The molecule has 0 radical (unpaired) electrons. The third-order valence-electron chi connectivity index (χ3n) is 1.56. The van der Waals surface area contributed by atoms with Gasteiger partial charge < -0.3 is 17.4 Å². The van der Waals surface area contributed by atoms with Gasteiger partial charge in [-0.05, 0) is 12.1 Å². The Labute approximate surface area is 114 Å². The van der Waals surface area contributed by atoms with Crippen LogP contribution in [0.5, 0.6) is 0 Å². The van der Waals surface area contributed by atoms with Crippen LogP contribution >= 0.6 is 11.6 Å². The van der Waals surface area contributed by atoms with Gasteiger partial charge in [0.2, 0.25) is 0 Å². The van der Waals surface area contributed by atoms with Crippen molar-refractivity contribution in [1.82, 2.24) is 0 Å². The standard InChI is InChI=1S/C8H6ClNO4.Na.H/c9-6-4(7(11)12)1-3(10)2-5(6)8(13)14;;/h1-2H,10H2,(H,11,12)(H,13,14);;/q;+1;-1. The zero-order valence-electron chi connectivity index (χ0n) is 8.82. The van der Waals surface area contributed by atoms with Crippen LogP contribution in [0.4, 0.5) is 5.69 Å². The maximum atomic E-state index is 10.6. The molecule has 0 bridgehead atoms. The molecule has 0 saturated heterocycles. The Morgan fingerprint density at radius 2 is 1.53 bits per heavy atom. The summed E-state index contributed by atoms with van der Waals surface area (Å²) in [7, 11) is 0. The summed E-state index contributed by atoms with van der Waals surface area (Å²) in [5.41, 5.74) is 4.73. The van der Waals surface area contributed by atoms with E-state index in [0.717, 1.165) is 12.1 Å². The van der Waals surface area contributed by atoms with Crippen LogP contribution in [-0.4, -0.2) is 22.2 Å². The molecule has 5 nitrogen and oxygen atoms in total. The molecular formula is C8H7ClNNaO4. The Morgan fingerprint density at radius 3 is 1.80 bits per heavy atom. The van der Waals surface area contributed by atoms with Crippen LogP contribution in [0.15, 0.2) is 12.1 Å². The summed E-state index contributed by atoms with van der Waals surface area (Å²) in [5, 5.41) is 17.0. The Hall–Kier alpha value is -0.750. The molecule has 1 aromatic carbocycles. The van der Waals surface area contributed by atoms with Crippen molar-refractivity contribution in [3.63, 3.8) is 0 Å². The number of aromatic carboxylic acids is 2. The van der Waals surface area contributed by atoms with E-state index < -0.39 is 11.9 Å². The molecule has 0 atom stereocenters. The number of carbonyl (C=O) groups is 2. The van der Waals surface area contributed by atoms with Crippen molar-refractivity contribution < 1.29 is 50.8 Å². The fourth-order valence-corrected chi connectivity index (χ4v) is 1.23. The van der Waals surface area contributed by atoms with Crippen LogP contribution in [-0.2, 0) is 0 Å². The molecule has 0 fully saturated rings. The third kappa shape index (κ3) is 3.10. The zero-order chi connectivity index (χ0) is 10.9. The van der Waals surface area contributed by atoms with Gasteiger partial charge >= 0.3 is 41.5 Å². The molecule has 15 heavy (non-hydrogen) atoms. The minimum atomic E-state index is -1.31. The van der Waals surface area contributed by atoms with Gasteiger partial charge in [0.05, 0.1) is 16.1 Å². The van der Waals surface area contributed by atoms with E-state index >= 15 is 0 Å². The van der Waals surface area contributed by atoms with Crippen LogP contribution in [0, 0.1) is 0 Å². The van der Waals surface area contributed by atoms with Crippen molar-refractivity contribution in [1.29, 1.82) is 0 Å². The van der Waals surface area contributed by atoms with E-state index in [1.54, 1.807) is 0 Å². The third-order valence-corrected chi connectivity index (χ3v) is 1.96. The average molecular weight is 240 g/mol. The molecule has 0 aliphatic heterocycles. The van der Waals surface area contributed by atoms with Crippen molar-refractivity contribution in [3.8, 4) is 0 Å². The molecule has 0 aliphatic rings. The van der Waals surface area contributed by atoms with E-state index in [1.165, 1.54) is 0 Å². The minimum Gasteiger partial charge on any atom is -1.00 e. The van der Waals surface area contributed by atoms with Crippen molar-refractivity contribution in [3.05, 3.63) is 28.3 Å². The fourth-order valence-electron chi connectivity index (χ4n) is 0.958. The van der Waals surface area contributed by atoms with Crippen LogP contribution in [0.1, 0.15) is 22.1 Å². The normalized spacial score (nSPS) is 9.13. The fraction of sp³-hybridized carbons (Fsp3) is 0. The Balaban J connectivity index is 0. The van der Waals surface area contributed by atoms with Crippen molar-refractivity contribution in [2.24, 2.45) is 0 Å². The molecule has 1 rings (SSSR count). The minimum absolute atomic E-state index is 0. The van der Waals surface area contributed by atoms with E-state index in [0.29, 0.717) is 0 Å². The first-order valence-corrected chi connectivity index (χ1v) is 3.87. The van der Waals surface area contributed by atoms with Gasteiger partial charge in [0, 0.05) is 5.69 Å². The van der Waals surface area contributed by atoms with E-state index in [2.05, 4.69) is 0 Å². The first-order valence-electron chi connectivity index (χ1n) is 3.49. The van der Waals surface area contributed by atoms with Gasteiger partial charge in [-0.25, -0.2) is 9.59 Å². The number of carboxylic acid groups (broad SMARTS) is 2. The number of carboxylic acids is 2. The first-order chi connectivity index (χ1) is 6.43. The van der Waals surface area contributed by atoms with Gasteiger partial charge in [-0.15, -0.1) is 0 Å². The number of nitrogen functional groups attached to an aromatic ring is 1. The topological polar surface area (TPSA) is 101 Å². The van der Waals surface area contributed by atoms with Gasteiger partial charge in [-0.2, -0.15) is 0 Å². The smallest absolute Gasteiger partial charge is 1.00 e. The number of benzene rings is 1. The summed E-state index contributed by atoms with van der Waals surface area (Å²) in [4.78, 5) is 21.2. The molecule has 7 heteroatoms. The number of nitrogens with two attached hydrogens (primary N) is 1. The second-order valence-electron chi connectivity index (χ2n) is 2.54. The van der Waals surface area contributed by atoms with Crippen LogP contribution in [0.3, 0.4) is 0 Å². The summed E-state index contributed by atoms with van der Waals surface area (Å²) < 4.78 is 0. The average Bonchev–Trinajstić information content (AvgIpc) is 2.07. The number of hydrogen-bond acceptors (Lipinski definition) is 3. The summed E-state index contributed by atoms with van der Waals surface area (Å²) in [5.74, 6) is -2.63. The predicted octanol–water partition coefficient (Wildman–Crippen LogP) is -1.56. The molecule has 76 valence electrons. The number of rotatable bonds is 2. The summed E-state index contributed by atoms with van der Waals surface area (Å²) in [6.45, 7) is 0. The molecule has 0 amide bonds. The molecule has 0 aromatic heterocycles. The molecule has 1 aromatic rings. The molecule has 0 aliphatic carbocycles. The van der Waals surface area contributed by atoms with Gasteiger partial charge in [0.25, 0.3) is 0 Å². The van der Waals surface area contributed by atoms with Crippen molar-refractivity contribution in [2.45, 2.75) is 0 Å². The van der Waals surface area contributed by atoms with E-state index in [9.17, 15) is 9.59 Å². The second-order valence-corrected chi connectivity index (χ2v) is 2.92. The van der Waals surface area contributed by atoms with Crippen molar-refractivity contribution >= 4 is 29.2 Å². The monoisotopic (exact) mass is 239 g/mol. The van der Waals surface area contributed by atoms with E-state index in [-0.39, 0.29) is 52.8 Å². The largest absolute Gasteiger partial charge is 1.00 e. The molecule has 0 spiro atoms. The van der Waals surface area contributed by atoms with Gasteiger partial charge in [-0.3, -0.25) is 0 Å². The summed E-state index contributed by atoms with van der Waals surface area (Å²) in [6, 6.07) is 2.22. The van der Waals surface area contributed by atoms with Gasteiger partial charge in [-0.1, -0.05) is 11.6 Å². The summed E-state index contributed by atoms with van der Waals surface area (Å²) in [6.07, 6.45) is 0. The SMILES string of the molecule is Nc1cc(C(=O)O)c(Cl)c(C(=O)O)c1.[H-].[Na+]. The number of anilines is 1. The zero-order valence-corrected chi connectivity index (χ0v) is 10.6. The second kappa shape index (κ2) is 5.37. The van der Waals surface area contributed by atoms with Crippen LogP contribution in [0.25, 0.3) is 0 Å². The molecule has 0 saturated carbocycles. The van der Waals surface area contributed by atoms with Crippen LogP contribution in [0.2, 0.25) is 5.02 Å². The van der Waals surface area contributed by atoms with E-state index in [1.807, 2.05) is 0 Å². The molecular weight excluding hydrogens is 233 g/mol. The number of halogens is 1. The van der Waals surface area contributed by atoms with Gasteiger partial charge in [0.1, 0.15) is 0 Å². The van der Waals surface area contributed by atoms with Crippen LogP contribution < -0.4 is 35.3 Å². The first kappa shape index (κ1) is 14.2.